The summed E-state index contributed by atoms with van der Waals surface area (Å²) in [7, 11) is 0. The van der Waals surface area contributed by atoms with Gasteiger partial charge >= 0.3 is 6.03 Å². The van der Waals surface area contributed by atoms with Gasteiger partial charge in [0, 0.05) is 12.2 Å². The van der Waals surface area contributed by atoms with Crippen LogP contribution in [0, 0.1) is 0 Å². The highest BCUT2D eigenvalue weighted by Crippen LogP contribution is 2.16. The zero-order chi connectivity index (χ0) is 10.6. The Kier molecular flexibility index (Phi) is 3.71. The van der Waals surface area contributed by atoms with E-state index in [1.807, 2.05) is 13.8 Å². The fraction of sp³-hybridized carbons (Fsp3) is 0.333. The van der Waals surface area contributed by atoms with Crippen LogP contribution in [0.5, 0.6) is 0 Å². The summed E-state index contributed by atoms with van der Waals surface area (Å²) in [6.45, 7) is 3.76. The molecule has 4 nitrogen and oxygen atoms in total. The predicted octanol–water partition coefficient (Wildman–Crippen LogP) is 2.26. The third-order valence-corrected chi connectivity index (χ3v) is 1.73. The van der Waals surface area contributed by atoms with Crippen molar-refractivity contribution in [1.29, 1.82) is 0 Å². The molecule has 0 fully saturated rings. The molecule has 0 aromatic carbocycles. The Labute approximate surface area is 87.7 Å². The number of carbonyl (C=O) groups excluding carboxylic acids is 1. The molecule has 0 unspecified atom stereocenters. The molecule has 2 N–H and O–H groups in total. The molecule has 0 atom stereocenters. The summed E-state index contributed by atoms with van der Waals surface area (Å²) >= 11 is 5.75. The van der Waals surface area contributed by atoms with Gasteiger partial charge in [0.05, 0.1) is 5.69 Å². The third kappa shape index (κ3) is 3.22. The van der Waals surface area contributed by atoms with Crippen LogP contribution in [-0.4, -0.2) is 17.1 Å². The molecule has 0 radical (unpaired) electrons. The van der Waals surface area contributed by atoms with E-state index in [0.717, 1.165) is 0 Å². The lowest BCUT2D eigenvalue weighted by molar-refractivity contribution is 0.250. The van der Waals surface area contributed by atoms with Gasteiger partial charge in [-0.1, -0.05) is 11.6 Å². The first kappa shape index (κ1) is 10.8. The van der Waals surface area contributed by atoms with Crippen molar-refractivity contribution < 1.29 is 4.79 Å². The molecule has 0 saturated heterocycles. The number of hydrogen-bond donors (Lipinski definition) is 2. The van der Waals surface area contributed by atoms with Crippen LogP contribution in [0.4, 0.5) is 10.5 Å². The Morgan fingerprint density at radius 2 is 2.29 bits per heavy atom. The first-order valence-electron chi connectivity index (χ1n) is 4.27. The largest absolute Gasteiger partial charge is 0.336 e. The zero-order valence-electron chi connectivity index (χ0n) is 8.04. The number of urea groups is 1. The third-order valence-electron chi connectivity index (χ3n) is 1.43. The molecule has 0 spiro atoms. The van der Waals surface area contributed by atoms with Gasteiger partial charge in [-0.2, -0.15) is 0 Å². The van der Waals surface area contributed by atoms with Gasteiger partial charge in [0.15, 0.2) is 5.15 Å². The lowest BCUT2D eigenvalue weighted by atomic mass is 10.4. The van der Waals surface area contributed by atoms with E-state index in [9.17, 15) is 4.79 Å². The average Bonchev–Trinajstić information content (AvgIpc) is 2.07. The maximum atomic E-state index is 11.3. The molecule has 1 aromatic heterocycles. The first-order valence-corrected chi connectivity index (χ1v) is 4.65. The summed E-state index contributed by atoms with van der Waals surface area (Å²) in [6.07, 6.45) is 1.56. The van der Waals surface area contributed by atoms with E-state index in [1.165, 1.54) is 0 Å². The van der Waals surface area contributed by atoms with E-state index in [2.05, 4.69) is 15.6 Å². The van der Waals surface area contributed by atoms with E-state index in [4.69, 9.17) is 11.6 Å². The van der Waals surface area contributed by atoms with Crippen molar-refractivity contribution in [1.82, 2.24) is 10.3 Å². The van der Waals surface area contributed by atoms with Gasteiger partial charge in [-0.25, -0.2) is 9.78 Å². The lowest BCUT2D eigenvalue weighted by Crippen LogP contribution is -2.34. The van der Waals surface area contributed by atoms with E-state index in [0.29, 0.717) is 5.69 Å². The van der Waals surface area contributed by atoms with Crippen molar-refractivity contribution in [2.24, 2.45) is 0 Å². The van der Waals surface area contributed by atoms with E-state index in [1.54, 1.807) is 18.3 Å². The predicted molar refractivity (Wildman–Crippen MR) is 56.5 cm³/mol. The SMILES string of the molecule is CC(C)NC(=O)Nc1cccnc1Cl. The van der Waals surface area contributed by atoms with Crippen LogP contribution in [-0.2, 0) is 0 Å². The van der Waals surface area contributed by atoms with Crippen LogP contribution in [0.1, 0.15) is 13.8 Å². The molecule has 0 aliphatic rings. The molecular weight excluding hydrogens is 202 g/mol. The highest BCUT2D eigenvalue weighted by atomic mass is 35.5. The highest BCUT2D eigenvalue weighted by molar-refractivity contribution is 6.32. The van der Waals surface area contributed by atoms with Crippen molar-refractivity contribution >= 4 is 23.3 Å². The maximum Gasteiger partial charge on any atom is 0.319 e. The van der Waals surface area contributed by atoms with Crippen molar-refractivity contribution in [3.63, 3.8) is 0 Å². The minimum absolute atomic E-state index is 0.0884. The fourth-order valence-electron chi connectivity index (χ4n) is 0.900. The van der Waals surface area contributed by atoms with E-state index >= 15 is 0 Å². The Hall–Kier alpha value is -1.29. The van der Waals surface area contributed by atoms with Crippen LogP contribution < -0.4 is 10.6 Å². The minimum atomic E-state index is -0.282. The van der Waals surface area contributed by atoms with Crippen molar-refractivity contribution in [3.8, 4) is 0 Å². The number of nitrogens with zero attached hydrogens (tertiary/aromatic N) is 1. The molecule has 76 valence electrons. The molecule has 0 aliphatic carbocycles. The number of amides is 2. The molecule has 5 heteroatoms. The maximum absolute atomic E-state index is 11.3. The quantitative estimate of drug-likeness (QED) is 0.741. The van der Waals surface area contributed by atoms with Gasteiger partial charge in [0.2, 0.25) is 0 Å². The molecule has 1 heterocycles. The highest BCUT2D eigenvalue weighted by Gasteiger charge is 2.05. The zero-order valence-corrected chi connectivity index (χ0v) is 8.80. The second-order valence-corrected chi connectivity index (χ2v) is 3.45. The minimum Gasteiger partial charge on any atom is -0.336 e. The summed E-state index contributed by atoms with van der Waals surface area (Å²) in [5.41, 5.74) is 0.507. The monoisotopic (exact) mass is 213 g/mol. The molecule has 14 heavy (non-hydrogen) atoms. The van der Waals surface area contributed by atoms with Gasteiger partial charge in [-0.3, -0.25) is 0 Å². The average molecular weight is 214 g/mol. The number of rotatable bonds is 2. The number of halogens is 1. The Bertz CT molecular complexity index is 328. The van der Waals surface area contributed by atoms with Crippen molar-refractivity contribution in [3.05, 3.63) is 23.5 Å². The van der Waals surface area contributed by atoms with Crippen LogP contribution >= 0.6 is 11.6 Å². The Morgan fingerprint density at radius 1 is 1.57 bits per heavy atom. The molecule has 0 bridgehead atoms. The van der Waals surface area contributed by atoms with Crippen LogP contribution in [0.15, 0.2) is 18.3 Å². The molecular formula is C9H12ClN3O. The van der Waals surface area contributed by atoms with Crippen molar-refractivity contribution in [2.75, 3.05) is 5.32 Å². The molecule has 0 saturated carbocycles. The summed E-state index contributed by atoms with van der Waals surface area (Å²) in [6, 6.07) is 3.20. The number of nitrogens with one attached hydrogen (secondary N) is 2. The Morgan fingerprint density at radius 3 is 2.86 bits per heavy atom. The number of pyridine rings is 1. The standard InChI is InChI=1S/C9H12ClN3O/c1-6(2)12-9(14)13-7-4-3-5-11-8(7)10/h3-6H,1-2H3,(H2,12,13,14). The number of aromatic nitrogens is 1. The molecule has 1 rings (SSSR count). The fourth-order valence-corrected chi connectivity index (χ4v) is 1.07. The number of hydrogen-bond acceptors (Lipinski definition) is 2. The van der Waals surface area contributed by atoms with Gasteiger partial charge in [0.1, 0.15) is 0 Å². The van der Waals surface area contributed by atoms with Crippen LogP contribution in [0.25, 0.3) is 0 Å². The topological polar surface area (TPSA) is 54.0 Å². The van der Waals surface area contributed by atoms with Crippen LogP contribution in [0.2, 0.25) is 5.15 Å². The molecule has 2 amide bonds. The van der Waals surface area contributed by atoms with Crippen LogP contribution in [0.3, 0.4) is 0 Å². The Balaban J connectivity index is 2.61. The van der Waals surface area contributed by atoms with Gasteiger partial charge in [-0.05, 0) is 26.0 Å². The van der Waals surface area contributed by atoms with E-state index < -0.39 is 0 Å². The van der Waals surface area contributed by atoms with Gasteiger partial charge in [-0.15, -0.1) is 0 Å². The number of anilines is 1. The molecule has 1 aromatic rings. The van der Waals surface area contributed by atoms with Gasteiger partial charge < -0.3 is 10.6 Å². The van der Waals surface area contributed by atoms with Crippen molar-refractivity contribution in [2.45, 2.75) is 19.9 Å². The van der Waals surface area contributed by atoms with Gasteiger partial charge in [0.25, 0.3) is 0 Å². The van der Waals surface area contributed by atoms with E-state index in [-0.39, 0.29) is 17.2 Å². The number of carbonyl (C=O) groups is 1. The summed E-state index contributed by atoms with van der Waals surface area (Å²) < 4.78 is 0. The molecule has 0 aliphatic heterocycles. The summed E-state index contributed by atoms with van der Waals surface area (Å²) in [5.74, 6) is 0. The summed E-state index contributed by atoms with van der Waals surface area (Å²) in [5, 5.41) is 5.56. The second-order valence-electron chi connectivity index (χ2n) is 3.09. The lowest BCUT2D eigenvalue weighted by Gasteiger charge is -2.10. The summed E-state index contributed by atoms with van der Waals surface area (Å²) in [4.78, 5) is 15.1. The second kappa shape index (κ2) is 4.81. The smallest absolute Gasteiger partial charge is 0.319 e. The normalized spacial score (nSPS) is 10.0. The first-order chi connectivity index (χ1) is 6.59.